The summed E-state index contributed by atoms with van der Waals surface area (Å²) in [6, 6.07) is 15.2. The molecule has 0 aromatic heterocycles. The zero-order chi connectivity index (χ0) is 19.8. The van der Waals surface area contributed by atoms with Crippen LogP contribution in [-0.4, -0.2) is 44.0 Å². The van der Waals surface area contributed by atoms with Gasteiger partial charge in [-0.1, -0.05) is 37.3 Å². The number of primary amides is 1. The Morgan fingerprint density at radius 1 is 1.15 bits per heavy atom. The highest BCUT2D eigenvalue weighted by molar-refractivity contribution is 5.94. The second kappa shape index (κ2) is 9.73. The molecule has 0 saturated carbocycles. The monoisotopic (exact) mass is 369 g/mol. The number of hydrogen-bond donors (Lipinski definition) is 2. The third-order valence-electron chi connectivity index (χ3n) is 4.33. The topological polar surface area (TPSA) is 84.7 Å². The van der Waals surface area contributed by atoms with Gasteiger partial charge in [0.15, 0.2) is 6.61 Å². The summed E-state index contributed by atoms with van der Waals surface area (Å²) in [6.07, 6.45) is 0.998. The number of carbonyl (C=O) groups excluding carboxylic acids is 2. The van der Waals surface area contributed by atoms with Crippen LogP contribution in [0.15, 0.2) is 48.5 Å². The summed E-state index contributed by atoms with van der Waals surface area (Å²) in [4.78, 5) is 25.4. The van der Waals surface area contributed by atoms with Crippen molar-refractivity contribution >= 4 is 11.8 Å². The Bertz CT molecular complexity index is 772. The molecular weight excluding hydrogens is 342 g/mol. The third kappa shape index (κ3) is 6.11. The number of amides is 2. The van der Waals surface area contributed by atoms with Gasteiger partial charge in [0.05, 0.1) is 6.04 Å². The van der Waals surface area contributed by atoms with Crippen molar-refractivity contribution in [3.63, 3.8) is 0 Å². The van der Waals surface area contributed by atoms with E-state index in [2.05, 4.69) is 41.4 Å². The van der Waals surface area contributed by atoms with Gasteiger partial charge in [0, 0.05) is 12.1 Å². The van der Waals surface area contributed by atoms with Gasteiger partial charge in [-0.3, -0.25) is 9.59 Å². The van der Waals surface area contributed by atoms with E-state index in [1.807, 2.05) is 14.1 Å². The number of rotatable bonds is 9. The molecule has 6 nitrogen and oxygen atoms in total. The summed E-state index contributed by atoms with van der Waals surface area (Å²) < 4.78 is 5.25. The van der Waals surface area contributed by atoms with Gasteiger partial charge in [-0.25, -0.2) is 0 Å². The molecule has 1 atom stereocenters. The molecule has 1 unspecified atom stereocenters. The van der Waals surface area contributed by atoms with Crippen LogP contribution < -0.4 is 15.8 Å². The van der Waals surface area contributed by atoms with Crippen LogP contribution in [0.1, 0.15) is 34.5 Å². The standard InChI is InChI=1S/C21H27N3O3/c1-4-15-8-10-16(11-9-15)19(24(2)3)13-23-21(26)17-6-5-7-18(12-17)27-14-20(22)25/h5-12,19H,4,13-14H2,1-3H3,(H2,22,25)(H,23,26). The zero-order valence-corrected chi connectivity index (χ0v) is 16.1. The average Bonchev–Trinajstić information content (AvgIpc) is 2.66. The summed E-state index contributed by atoms with van der Waals surface area (Å²) >= 11 is 0. The second-order valence-electron chi connectivity index (χ2n) is 6.57. The Morgan fingerprint density at radius 3 is 2.44 bits per heavy atom. The predicted molar refractivity (Wildman–Crippen MR) is 106 cm³/mol. The summed E-state index contributed by atoms with van der Waals surface area (Å²) in [5.41, 5.74) is 7.98. The summed E-state index contributed by atoms with van der Waals surface area (Å²) in [5, 5.41) is 2.97. The van der Waals surface area contributed by atoms with E-state index in [9.17, 15) is 9.59 Å². The number of hydrogen-bond acceptors (Lipinski definition) is 4. The maximum absolute atomic E-state index is 12.5. The van der Waals surface area contributed by atoms with Gasteiger partial charge in [0.25, 0.3) is 11.8 Å². The second-order valence-corrected chi connectivity index (χ2v) is 6.57. The zero-order valence-electron chi connectivity index (χ0n) is 16.1. The van der Waals surface area contributed by atoms with Gasteiger partial charge < -0.3 is 20.7 Å². The minimum Gasteiger partial charge on any atom is -0.484 e. The first-order valence-electron chi connectivity index (χ1n) is 8.95. The lowest BCUT2D eigenvalue weighted by Crippen LogP contribution is -2.34. The molecule has 0 heterocycles. The fraction of sp³-hybridized carbons (Fsp3) is 0.333. The van der Waals surface area contributed by atoms with E-state index < -0.39 is 5.91 Å². The molecule has 2 aromatic carbocycles. The molecule has 2 rings (SSSR count). The first-order valence-corrected chi connectivity index (χ1v) is 8.95. The Kier molecular flexibility index (Phi) is 7.37. The van der Waals surface area contributed by atoms with E-state index in [1.165, 1.54) is 5.56 Å². The van der Waals surface area contributed by atoms with Crippen LogP contribution >= 0.6 is 0 Å². The van der Waals surface area contributed by atoms with Crippen LogP contribution in [0.25, 0.3) is 0 Å². The van der Waals surface area contributed by atoms with Gasteiger partial charge >= 0.3 is 0 Å². The number of likely N-dealkylation sites (N-methyl/N-ethyl adjacent to an activating group) is 1. The molecule has 27 heavy (non-hydrogen) atoms. The fourth-order valence-corrected chi connectivity index (χ4v) is 2.75. The predicted octanol–water partition coefficient (Wildman–Crippen LogP) is 2.15. The average molecular weight is 369 g/mol. The number of nitrogens with one attached hydrogen (secondary N) is 1. The maximum Gasteiger partial charge on any atom is 0.255 e. The molecule has 0 saturated heterocycles. The van der Waals surface area contributed by atoms with Crippen LogP contribution in [0.2, 0.25) is 0 Å². The van der Waals surface area contributed by atoms with Crippen LogP contribution in [-0.2, 0) is 11.2 Å². The van der Waals surface area contributed by atoms with Crippen molar-refractivity contribution in [3.8, 4) is 5.75 Å². The number of carbonyl (C=O) groups is 2. The highest BCUT2D eigenvalue weighted by Gasteiger charge is 2.16. The van der Waals surface area contributed by atoms with Crippen molar-refractivity contribution in [2.45, 2.75) is 19.4 Å². The fourth-order valence-electron chi connectivity index (χ4n) is 2.75. The number of aryl methyl sites for hydroxylation is 1. The lowest BCUT2D eigenvalue weighted by Gasteiger charge is -2.25. The Hall–Kier alpha value is -2.86. The number of nitrogens with zero attached hydrogens (tertiary/aromatic N) is 1. The van der Waals surface area contributed by atoms with E-state index in [0.29, 0.717) is 17.9 Å². The SMILES string of the molecule is CCc1ccc(C(CNC(=O)c2cccc(OCC(N)=O)c2)N(C)C)cc1. The van der Waals surface area contributed by atoms with Crippen molar-refractivity contribution in [3.05, 3.63) is 65.2 Å². The Morgan fingerprint density at radius 2 is 1.85 bits per heavy atom. The molecule has 0 aliphatic rings. The van der Waals surface area contributed by atoms with Crippen LogP contribution in [0, 0.1) is 0 Å². The van der Waals surface area contributed by atoms with Crippen molar-refractivity contribution in [2.24, 2.45) is 5.73 Å². The van der Waals surface area contributed by atoms with Crippen molar-refractivity contribution < 1.29 is 14.3 Å². The van der Waals surface area contributed by atoms with Crippen LogP contribution in [0.3, 0.4) is 0 Å². The lowest BCUT2D eigenvalue weighted by molar-refractivity contribution is -0.119. The molecule has 0 aliphatic carbocycles. The molecule has 144 valence electrons. The van der Waals surface area contributed by atoms with Gasteiger partial charge in [-0.15, -0.1) is 0 Å². The maximum atomic E-state index is 12.5. The number of ether oxygens (including phenoxy) is 1. The normalized spacial score (nSPS) is 11.9. The van der Waals surface area contributed by atoms with Gasteiger partial charge in [-0.05, 0) is 49.8 Å². The molecule has 6 heteroatoms. The molecule has 0 bridgehead atoms. The molecule has 0 aliphatic heterocycles. The molecular formula is C21H27N3O3. The largest absolute Gasteiger partial charge is 0.484 e. The highest BCUT2D eigenvalue weighted by Crippen LogP contribution is 2.19. The Balaban J connectivity index is 2.03. The van der Waals surface area contributed by atoms with Crippen molar-refractivity contribution in [1.29, 1.82) is 0 Å². The first-order chi connectivity index (χ1) is 12.9. The van der Waals surface area contributed by atoms with Gasteiger partial charge in [0.2, 0.25) is 0 Å². The molecule has 0 spiro atoms. The molecule has 2 aromatic rings. The first kappa shape index (κ1) is 20.5. The van der Waals surface area contributed by atoms with Gasteiger partial charge in [-0.2, -0.15) is 0 Å². The smallest absolute Gasteiger partial charge is 0.255 e. The van der Waals surface area contributed by atoms with E-state index >= 15 is 0 Å². The number of nitrogens with two attached hydrogens (primary N) is 1. The molecule has 3 N–H and O–H groups in total. The Labute approximate surface area is 160 Å². The summed E-state index contributed by atoms with van der Waals surface area (Å²) in [5.74, 6) is -0.329. The molecule has 0 radical (unpaired) electrons. The van der Waals surface area contributed by atoms with Crippen LogP contribution in [0.4, 0.5) is 0 Å². The summed E-state index contributed by atoms with van der Waals surface area (Å²) in [6.45, 7) is 2.38. The molecule has 0 fully saturated rings. The van der Waals surface area contributed by atoms with E-state index in [1.54, 1.807) is 24.3 Å². The van der Waals surface area contributed by atoms with Crippen molar-refractivity contribution in [2.75, 3.05) is 27.2 Å². The number of benzene rings is 2. The third-order valence-corrected chi connectivity index (χ3v) is 4.33. The minimum atomic E-state index is -0.562. The minimum absolute atomic E-state index is 0.0640. The van der Waals surface area contributed by atoms with Gasteiger partial charge in [0.1, 0.15) is 5.75 Å². The van der Waals surface area contributed by atoms with Crippen molar-refractivity contribution in [1.82, 2.24) is 10.2 Å². The lowest BCUT2D eigenvalue weighted by atomic mass is 10.0. The summed E-state index contributed by atoms with van der Waals surface area (Å²) in [7, 11) is 3.98. The highest BCUT2D eigenvalue weighted by atomic mass is 16.5. The van der Waals surface area contributed by atoms with E-state index in [4.69, 9.17) is 10.5 Å². The van der Waals surface area contributed by atoms with E-state index in [0.717, 1.165) is 12.0 Å². The quantitative estimate of drug-likeness (QED) is 0.709. The molecule has 2 amide bonds. The van der Waals surface area contributed by atoms with E-state index in [-0.39, 0.29) is 18.6 Å². The van der Waals surface area contributed by atoms with Crippen LogP contribution in [0.5, 0.6) is 5.75 Å².